The van der Waals surface area contributed by atoms with Gasteiger partial charge in [0.25, 0.3) is 0 Å². The predicted octanol–water partition coefficient (Wildman–Crippen LogP) is 4.16. The smallest absolute Gasteiger partial charge is 0.336 e. The van der Waals surface area contributed by atoms with Gasteiger partial charge in [-0.2, -0.15) is 0 Å². The molecule has 1 aliphatic rings. The Hall–Kier alpha value is -3.09. The summed E-state index contributed by atoms with van der Waals surface area (Å²) < 4.78 is 10.4. The van der Waals surface area contributed by atoms with E-state index in [0.717, 1.165) is 41.7 Å². The van der Waals surface area contributed by atoms with Gasteiger partial charge in [-0.15, -0.1) is 0 Å². The van der Waals surface area contributed by atoms with E-state index in [-0.39, 0.29) is 12.1 Å². The molecule has 1 saturated heterocycles. The lowest BCUT2D eigenvalue weighted by Crippen LogP contribution is -2.41. The molecule has 27 heavy (non-hydrogen) atoms. The normalized spacial score (nSPS) is 17.3. The number of amides is 2. The van der Waals surface area contributed by atoms with Crippen molar-refractivity contribution >= 4 is 22.7 Å². The molecule has 4 rings (SSSR count). The molecule has 0 radical (unpaired) electrons. The monoisotopic (exact) mass is 367 g/mol. The van der Waals surface area contributed by atoms with E-state index in [2.05, 4.69) is 10.5 Å². The molecule has 3 aromatic rings. The van der Waals surface area contributed by atoms with Crippen LogP contribution in [0.5, 0.6) is 0 Å². The minimum atomic E-state index is -0.402. The number of fused-ring (bicyclic) bond motifs is 1. The number of rotatable bonds is 2. The first-order valence-corrected chi connectivity index (χ1v) is 9.06. The van der Waals surface area contributed by atoms with Gasteiger partial charge in [0, 0.05) is 35.8 Å². The Bertz CT molecular complexity index is 1050. The highest BCUT2D eigenvalue weighted by Gasteiger charge is 2.30. The summed E-state index contributed by atoms with van der Waals surface area (Å²) in [5.41, 5.74) is 2.27. The molecule has 140 valence electrons. The van der Waals surface area contributed by atoms with Gasteiger partial charge in [0.15, 0.2) is 0 Å². The van der Waals surface area contributed by atoms with Crippen molar-refractivity contribution in [1.82, 2.24) is 10.1 Å². The zero-order chi connectivity index (χ0) is 19.0. The number of nitrogens with zero attached hydrogens (tertiary/aromatic N) is 2. The minimum Gasteiger partial charge on any atom is -0.423 e. The molecule has 1 fully saturated rings. The van der Waals surface area contributed by atoms with Crippen LogP contribution in [0.4, 0.5) is 10.5 Å². The minimum absolute atomic E-state index is 0.100. The molecule has 0 spiro atoms. The van der Waals surface area contributed by atoms with Gasteiger partial charge in [0.2, 0.25) is 0 Å². The zero-order valence-electron chi connectivity index (χ0n) is 15.3. The van der Waals surface area contributed by atoms with Crippen molar-refractivity contribution in [3.8, 4) is 0 Å². The zero-order valence-corrected chi connectivity index (χ0v) is 15.3. The Morgan fingerprint density at radius 2 is 2.07 bits per heavy atom. The average molecular weight is 367 g/mol. The van der Waals surface area contributed by atoms with Crippen LogP contribution in [0.1, 0.15) is 42.3 Å². The van der Waals surface area contributed by atoms with Gasteiger partial charge in [-0.05, 0) is 50.8 Å². The summed E-state index contributed by atoms with van der Waals surface area (Å²) in [4.78, 5) is 26.3. The molecule has 0 unspecified atom stereocenters. The number of piperidine rings is 1. The average Bonchev–Trinajstić information content (AvgIpc) is 3.07. The van der Waals surface area contributed by atoms with Crippen molar-refractivity contribution in [1.29, 1.82) is 0 Å². The summed E-state index contributed by atoms with van der Waals surface area (Å²) in [6, 6.07) is 8.37. The highest BCUT2D eigenvalue weighted by atomic mass is 16.5. The molecule has 0 saturated carbocycles. The Labute approximate surface area is 155 Å². The Morgan fingerprint density at radius 3 is 2.85 bits per heavy atom. The lowest BCUT2D eigenvalue weighted by Gasteiger charge is -2.34. The summed E-state index contributed by atoms with van der Waals surface area (Å²) in [5, 5.41) is 7.86. The maximum atomic E-state index is 12.9. The number of aryl methyl sites for hydroxylation is 2. The number of benzene rings is 1. The highest BCUT2D eigenvalue weighted by molar-refractivity contribution is 5.92. The van der Waals surface area contributed by atoms with Crippen molar-refractivity contribution in [3.63, 3.8) is 0 Å². The third kappa shape index (κ3) is 3.45. The van der Waals surface area contributed by atoms with Gasteiger partial charge in [-0.25, -0.2) is 9.59 Å². The number of urea groups is 1. The second-order valence-electron chi connectivity index (χ2n) is 6.96. The summed E-state index contributed by atoms with van der Waals surface area (Å²) in [6.07, 6.45) is 2.85. The first-order valence-electron chi connectivity index (χ1n) is 9.06. The summed E-state index contributed by atoms with van der Waals surface area (Å²) in [6.45, 7) is 4.36. The fraction of sp³-hybridized carbons (Fsp3) is 0.350. The molecular formula is C20H21N3O4. The number of carbonyl (C=O) groups is 1. The lowest BCUT2D eigenvalue weighted by molar-refractivity contribution is 0.159. The van der Waals surface area contributed by atoms with Gasteiger partial charge in [0.1, 0.15) is 17.0 Å². The van der Waals surface area contributed by atoms with E-state index >= 15 is 0 Å². The van der Waals surface area contributed by atoms with Crippen LogP contribution in [0.25, 0.3) is 11.0 Å². The van der Waals surface area contributed by atoms with E-state index < -0.39 is 5.63 Å². The number of hydrogen-bond donors (Lipinski definition) is 1. The standard InChI is InChI=1S/C20H21N3O4/c1-12-9-19(24)26-18-11-14(6-7-15(12)18)21-20(25)23-8-4-3-5-17(23)16-10-13(2)27-22-16/h6-7,9-11,17H,3-5,8H2,1-2H3,(H,21,25)/t17-/m0/s1. The van der Waals surface area contributed by atoms with Crippen molar-refractivity contribution in [2.75, 3.05) is 11.9 Å². The Balaban J connectivity index is 1.58. The van der Waals surface area contributed by atoms with Crippen LogP contribution in [0.2, 0.25) is 0 Å². The number of anilines is 1. The molecular weight excluding hydrogens is 346 g/mol. The Kier molecular flexibility index (Phi) is 4.43. The van der Waals surface area contributed by atoms with Crippen LogP contribution < -0.4 is 10.9 Å². The van der Waals surface area contributed by atoms with E-state index in [4.69, 9.17) is 8.94 Å². The molecule has 0 bridgehead atoms. The van der Waals surface area contributed by atoms with Gasteiger partial charge >= 0.3 is 11.7 Å². The van der Waals surface area contributed by atoms with Crippen LogP contribution >= 0.6 is 0 Å². The van der Waals surface area contributed by atoms with Crippen molar-refractivity contribution in [2.45, 2.75) is 39.2 Å². The summed E-state index contributed by atoms with van der Waals surface area (Å²) in [5.74, 6) is 0.732. The van der Waals surface area contributed by atoms with Crippen LogP contribution in [0.3, 0.4) is 0 Å². The topological polar surface area (TPSA) is 88.6 Å². The number of hydrogen-bond acceptors (Lipinski definition) is 5. The SMILES string of the molecule is Cc1cc([C@@H]2CCCCN2C(=O)Nc2ccc3c(C)cc(=O)oc3c2)no1. The third-order valence-corrected chi connectivity index (χ3v) is 4.95. The van der Waals surface area contributed by atoms with Gasteiger partial charge in [0.05, 0.1) is 6.04 Å². The lowest BCUT2D eigenvalue weighted by atomic mass is 9.99. The second-order valence-corrected chi connectivity index (χ2v) is 6.96. The number of likely N-dealkylation sites (tertiary alicyclic amines) is 1. The van der Waals surface area contributed by atoms with Crippen molar-refractivity contribution in [3.05, 3.63) is 57.8 Å². The van der Waals surface area contributed by atoms with E-state index in [1.165, 1.54) is 6.07 Å². The predicted molar refractivity (Wildman–Crippen MR) is 101 cm³/mol. The maximum absolute atomic E-state index is 12.9. The number of nitrogens with one attached hydrogen (secondary N) is 1. The van der Waals surface area contributed by atoms with Crippen LogP contribution in [-0.4, -0.2) is 22.6 Å². The van der Waals surface area contributed by atoms with Gasteiger partial charge < -0.3 is 19.2 Å². The van der Waals surface area contributed by atoms with E-state index in [1.807, 2.05) is 32.0 Å². The second kappa shape index (κ2) is 6.90. The van der Waals surface area contributed by atoms with E-state index in [0.29, 0.717) is 17.8 Å². The third-order valence-electron chi connectivity index (χ3n) is 4.95. The van der Waals surface area contributed by atoms with Crippen LogP contribution in [0.15, 0.2) is 44.1 Å². The fourth-order valence-corrected chi connectivity index (χ4v) is 3.62. The molecule has 1 N–H and O–H groups in total. The highest BCUT2D eigenvalue weighted by Crippen LogP contribution is 2.31. The molecule has 1 aliphatic heterocycles. The fourth-order valence-electron chi connectivity index (χ4n) is 3.62. The molecule has 7 heteroatoms. The number of carbonyl (C=O) groups excluding carboxylic acids is 1. The van der Waals surface area contributed by atoms with Crippen molar-refractivity contribution in [2.24, 2.45) is 0 Å². The van der Waals surface area contributed by atoms with E-state index in [1.54, 1.807) is 11.0 Å². The van der Waals surface area contributed by atoms with Gasteiger partial charge in [-0.1, -0.05) is 5.16 Å². The molecule has 1 aromatic carbocycles. The maximum Gasteiger partial charge on any atom is 0.336 e. The molecule has 3 heterocycles. The molecule has 2 aromatic heterocycles. The molecule has 7 nitrogen and oxygen atoms in total. The summed E-state index contributed by atoms with van der Waals surface area (Å²) in [7, 11) is 0. The molecule has 0 aliphatic carbocycles. The molecule has 2 amide bonds. The van der Waals surface area contributed by atoms with Crippen molar-refractivity contribution < 1.29 is 13.7 Å². The van der Waals surface area contributed by atoms with Crippen LogP contribution in [0, 0.1) is 13.8 Å². The van der Waals surface area contributed by atoms with Gasteiger partial charge in [-0.3, -0.25) is 0 Å². The molecule has 1 atom stereocenters. The van der Waals surface area contributed by atoms with Crippen LogP contribution in [-0.2, 0) is 0 Å². The van der Waals surface area contributed by atoms with E-state index in [9.17, 15) is 9.59 Å². The summed E-state index contributed by atoms with van der Waals surface area (Å²) >= 11 is 0. The largest absolute Gasteiger partial charge is 0.423 e. The quantitative estimate of drug-likeness (QED) is 0.687. The number of aromatic nitrogens is 1. The first kappa shape index (κ1) is 17.3. The first-order chi connectivity index (χ1) is 13.0. The Morgan fingerprint density at radius 1 is 1.22 bits per heavy atom.